The van der Waals surface area contributed by atoms with Crippen LogP contribution < -0.4 is 0 Å². The van der Waals surface area contributed by atoms with Crippen molar-refractivity contribution in [2.45, 2.75) is 168 Å². The number of carboxylic acid groups (broad SMARTS) is 3. The molecular formula is C67H80N4O15S. The van der Waals surface area contributed by atoms with Crippen molar-refractivity contribution in [1.29, 1.82) is 0 Å². The molecule has 0 bridgehead atoms. The summed E-state index contributed by atoms with van der Waals surface area (Å²) in [7, 11) is -3.05. The van der Waals surface area contributed by atoms with E-state index in [4.69, 9.17) is 14.6 Å². The summed E-state index contributed by atoms with van der Waals surface area (Å²) < 4.78 is 39.0. The quantitative estimate of drug-likeness (QED) is 0.0652. The van der Waals surface area contributed by atoms with E-state index in [0.717, 1.165) is 53.9 Å². The summed E-state index contributed by atoms with van der Waals surface area (Å²) in [5.41, 5.74) is 2.95. The smallest absolute Gasteiger partial charge is 0.348 e. The van der Waals surface area contributed by atoms with Crippen LogP contribution >= 0.6 is 0 Å². The first-order valence-corrected chi connectivity index (χ1v) is 33.0. The minimum absolute atomic E-state index is 0.00349. The number of carboxylic acids is 3. The van der Waals surface area contributed by atoms with Gasteiger partial charge in [-0.1, -0.05) is 70.9 Å². The van der Waals surface area contributed by atoms with Crippen molar-refractivity contribution in [3.63, 3.8) is 0 Å². The van der Waals surface area contributed by atoms with Gasteiger partial charge in [-0.05, 0) is 189 Å². The van der Waals surface area contributed by atoms with E-state index in [0.29, 0.717) is 43.4 Å². The number of ketones is 1. The van der Waals surface area contributed by atoms with Gasteiger partial charge in [0.25, 0.3) is 0 Å². The van der Waals surface area contributed by atoms with Gasteiger partial charge < -0.3 is 35.0 Å². The largest absolute Gasteiger partial charge is 0.478 e. The zero-order chi connectivity index (χ0) is 62.1. The molecule has 0 spiro atoms. The van der Waals surface area contributed by atoms with Crippen molar-refractivity contribution < 1.29 is 72.2 Å². The fourth-order valence-corrected chi connectivity index (χ4v) is 21.3. The molecule has 6 saturated carbocycles. The van der Waals surface area contributed by atoms with Crippen LogP contribution in [0.5, 0.6) is 0 Å². The number of hydrogen-bond donors (Lipinski definition) is 5. The molecule has 13 rings (SSSR count). The van der Waals surface area contributed by atoms with Gasteiger partial charge in [0.2, 0.25) is 11.2 Å². The second-order valence-electron chi connectivity index (χ2n) is 27.8. The number of hydrogen-bond acceptors (Lipinski definition) is 14. The van der Waals surface area contributed by atoms with Gasteiger partial charge in [0, 0.05) is 35.7 Å². The molecule has 0 radical (unpaired) electrons. The number of aliphatic carboxylic acids is 2. The number of aliphatic hydroxyl groups excluding tert-OH is 2. The minimum atomic E-state index is -3.05. The number of esters is 2. The number of carbonyl (C=O) groups is 6. The third kappa shape index (κ3) is 9.40. The molecular weight excluding hydrogens is 1130 g/mol. The monoisotopic (exact) mass is 1210 g/mol. The number of ether oxygens (including phenoxy) is 2. The number of aromatic carboxylic acids is 1. The second-order valence-corrected chi connectivity index (χ2v) is 30.0. The summed E-state index contributed by atoms with van der Waals surface area (Å²) >= 11 is 0. The molecule has 7 fully saturated rings. The Labute approximate surface area is 506 Å². The average molecular weight is 1210 g/mol. The molecule has 20 heteroatoms. The summed E-state index contributed by atoms with van der Waals surface area (Å²) in [5, 5.41) is 63.4. The molecule has 2 aromatic carbocycles. The number of sulfone groups is 1. The van der Waals surface area contributed by atoms with Crippen molar-refractivity contribution in [3.05, 3.63) is 106 Å². The first kappa shape index (κ1) is 60.5. The van der Waals surface area contributed by atoms with Crippen LogP contribution in [0.15, 0.2) is 72.1 Å². The summed E-state index contributed by atoms with van der Waals surface area (Å²) in [5.74, 6) is -4.21. The second kappa shape index (κ2) is 21.5. The highest BCUT2D eigenvalue weighted by Crippen LogP contribution is 2.70. The van der Waals surface area contributed by atoms with E-state index >= 15 is 0 Å². The summed E-state index contributed by atoms with van der Waals surface area (Å²) in [4.78, 5) is 75.0. The van der Waals surface area contributed by atoms with Gasteiger partial charge in [-0.25, -0.2) is 32.2 Å². The number of allylic oxidation sites excluding steroid dienone is 2. The van der Waals surface area contributed by atoms with Crippen LogP contribution in [0, 0.1) is 63.1 Å². The first-order chi connectivity index (χ1) is 41.2. The number of aromatic nitrogens is 4. The van der Waals surface area contributed by atoms with Crippen LogP contribution in [-0.4, -0.2) is 124 Å². The van der Waals surface area contributed by atoms with Crippen LogP contribution in [0.25, 0.3) is 23.5 Å². The lowest BCUT2D eigenvalue weighted by Gasteiger charge is -2.60. The van der Waals surface area contributed by atoms with Crippen LogP contribution in [0.3, 0.4) is 0 Å². The molecule has 1 aliphatic heterocycles. The predicted octanol–water partition coefficient (Wildman–Crippen LogP) is 9.31. The maximum absolute atomic E-state index is 13.1. The summed E-state index contributed by atoms with van der Waals surface area (Å²) in [6, 6.07) is 14.1. The third-order valence-corrected chi connectivity index (χ3v) is 25.3. The summed E-state index contributed by atoms with van der Waals surface area (Å²) in [6.07, 6.45) is 14.4. The number of rotatable bonds is 12. The highest BCUT2D eigenvalue weighted by Gasteiger charge is 2.73. The molecule has 87 heavy (non-hydrogen) atoms. The Balaban J connectivity index is 0.000000172. The van der Waals surface area contributed by atoms with Gasteiger partial charge in [-0.15, -0.1) is 0 Å². The minimum Gasteiger partial charge on any atom is -0.478 e. The van der Waals surface area contributed by atoms with Gasteiger partial charge in [0.15, 0.2) is 15.6 Å². The van der Waals surface area contributed by atoms with Crippen molar-refractivity contribution >= 4 is 57.6 Å². The lowest BCUT2D eigenvalue weighted by atomic mass is 9.45. The molecule has 4 aromatic rings. The fraction of sp³-hybridized carbons (Fsp3) is 0.582. The van der Waals surface area contributed by atoms with Gasteiger partial charge in [-0.2, -0.15) is 10.2 Å². The van der Waals surface area contributed by atoms with Crippen LogP contribution in [0.1, 0.15) is 175 Å². The molecule has 464 valence electrons. The molecule has 15 atom stereocenters. The van der Waals surface area contributed by atoms with Crippen molar-refractivity contribution in [2.24, 2.45) is 63.1 Å². The van der Waals surface area contributed by atoms with Crippen LogP contribution in [-0.2, 0) is 51.3 Å². The first-order valence-electron chi connectivity index (χ1n) is 31.2. The number of aliphatic hydroxyl groups is 2. The van der Waals surface area contributed by atoms with E-state index in [-0.39, 0.29) is 120 Å². The molecule has 2 aromatic heterocycles. The molecule has 1 saturated heterocycles. The average Bonchev–Trinajstić information content (AvgIpc) is 1.66. The molecule has 1 unspecified atom stereocenters. The fourth-order valence-electron chi connectivity index (χ4n) is 19.4. The molecule has 9 aliphatic rings. The van der Waals surface area contributed by atoms with Gasteiger partial charge >= 0.3 is 29.8 Å². The SMILES string of the molecule is CCC(=O)O[C@]1(C(=O)O)CC[C@H]2[C@@H]3CCC4=Cc5c(cnn5-c5cccc(C(=O)CC6CCS(=O)(=O)C6)c5)C[C@]4(C)[C@H]3[C@@H](O)C[C@@]21C.CCC(=O)O[C@]1(C(=O)O)CC[C@H]2[C@@H]3CCC4=Cc5c(cnn5-c5cccc(C(=O)O)c5)C[C@]4(C)[C@H]3[C@@H](O)C[C@@]21C. The van der Waals surface area contributed by atoms with Crippen LogP contribution in [0.4, 0.5) is 0 Å². The Morgan fingerprint density at radius 1 is 0.632 bits per heavy atom. The molecule has 8 aliphatic carbocycles. The van der Waals surface area contributed by atoms with Crippen molar-refractivity contribution in [1.82, 2.24) is 19.6 Å². The number of fused-ring (bicyclic) bond motifs is 12. The van der Waals surface area contributed by atoms with E-state index in [1.54, 1.807) is 42.8 Å². The van der Waals surface area contributed by atoms with Gasteiger partial charge in [0.05, 0.1) is 64.4 Å². The van der Waals surface area contributed by atoms with Crippen molar-refractivity contribution in [3.8, 4) is 11.4 Å². The standard InChI is InChI=1S/C36H44N2O8S.C31H36N2O7/c1-4-31(41)46-36(33(42)43)12-10-27-26-9-8-24-16-28-23(17-34(24,2)32(26)30(40)18-35(27,36)3)19-37-38(28)25-7-5-6-22(15-25)29(39)14-21-11-13-47(44,45)20-21;1-4-25(35)40-31(28(38)39)11-10-22-21-9-8-19-13-23-18(14-29(19,2)26(21)24(34)15-30(22,31)3)16-32-33(23)20-7-5-6-17(12-20)27(36)37/h5-7,15-16,19,21,26-27,30,32,40H,4,8-14,17-18,20H2,1-3H3,(H,42,43);5-7,12-13,16,21-22,24,26,34H,4,8-11,14-15H2,1-3H3,(H,36,37)(H,38,39)/t21?,26-,27-,30-,32+,34-,35-,36-;21-,22-,24-,26+,29-,30-,31-/m00/s1. The van der Waals surface area contributed by atoms with E-state index in [1.165, 1.54) is 11.1 Å². The van der Waals surface area contributed by atoms with Gasteiger partial charge in [-0.3, -0.25) is 14.4 Å². The number of Topliss-reactive ketones (excluding diaryl/α,β-unsaturated/α-hetero) is 1. The van der Waals surface area contributed by atoms with E-state index < -0.39 is 73.9 Å². The number of nitrogens with zero attached hydrogens (tertiary/aromatic N) is 4. The zero-order valence-corrected chi connectivity index (χ0v) is 51.2. The molecule has 3 heterocycles. The Morgan fingerprint density at radius 2 is 1.08 bits per heavy atom. The zero-order valence-electron chi connectivity index (χ0n) is 50.4. The Kier molecular flexibility index (Phi) is 14.9. The number of benzene rings is 2. The Bertz CT molecular complexity index is 3710. The van der Waals surface area contributed by atoms with E-state index in [1.807, 2.05) is 55.2 Å². The predicted molar refractivity (Wildman–Crippen MR) is 318 cm³/mol. The highest BCUT2D eigenvalue weighted by molar-refractivity contribution is 7.91. The topological polar surface area (TPSA) is 292 Å². The molecule has 0 amide bonds. The van der Waals surface area contributed by atoms with Crippen molar-refractivity contribution in [2.75, 3.05) is 11.5 Å². The third-order valence-electron chi connectivity index (χ3n) is 23.5. The van der Waals surface area contributed by atoms with Gasteiger partial charge in [0.1, 0.15) is 0 Å². The normalized spacial score (nSPS) is 36.4. The maximum Gasteiger partial charge on any atom is 0.348 e. The lowest BCUT2D eigenvalue weighted by Crippen LogP contribution is -2.63. The Morgan fingerprint density at radius 3 is 1.49 bits per heavy atom. The molecule has 5 N–H and O–H groups in total. The number of carbonyl (C=O) groups excluding carboxylic acids is 3. The molecule has 19 nitrogen and oxygen atoms in total. The van der Waals surface area contributed by atoms with Crippen LogP contribution in [0.2, 0.25) is 0 Å². The highest BCUT2D eigenvalue weighted by atomic mass is 32.2. The lowest BCUT2D eigenvalue weighted by molar-refractivity contribution is -0.210. The Hall–Kier alpha value is -6.77. The van der Waals surface area contributed by atoms with E-state index in [2.05, 4.69) is 31.1 Å². The summed E-state index contributed by atoms with van der Waals surface area (Å²) in [6.45, 7) is 11.6. The maximum atomic E-state index is 13.1. The van der Waals surface area contributed by atoms with E-state index in [9.17, 15) is 62.7 Å².